The smallest absolute Gasteiger partial charge is 0.256 e. The molecule has 1 unspecified atom stereocenters. The lowest BCUT2D eigenvalue weighted by Crippen LogP contribution is -2.34. The zero-order valence-electron chi connectivity index (χ0n) is 13.2. The Morgan fingerprint density at radius 1 is 1.32 bits per heavy atom. The molecule has 0 bridgehead atoms. The fourth-order valence-corrected chi connectivity index (χ4v) is 2.37. The van der Waals surface area contributed by atoms with Gasteiger partial charge in [0.1, 0.15) is 17.1 Å². The molecule has 1 amide bonds. The summed E-state index contributed by atoms with van der Waals surface area (Å²) in [6.07, 6.45) is 0. The highest BCUT2D eigenvalue weighted by atomic mass is 19.1. The Kier molecular flexibility index (Phi) is 4.92. The zero-order valence-corrected chi connectivity index (χ0v) is 13.2. The van der Waals surface area contributed by atoms with Crippen molar-refractivity contribution >= 4 is 5.91 Å². The molecule has 1 aromatic heterocycles. The molecule has 0 saturated carbocycles. The van der Waals surface area contributed by atoms with Crippen LogP contribution in [0.2, 0.25) is 0 Å². The maximum absolute atomic E-state index is 13.0. The monoisotopic (exact) mass is 305 g/mol. The number of hydrogen-bond donors (Lipinski definition) is 1. The van der Waals surface area contributed by atoms with Gasteiger partial charge in [-0.3, -0.25) is 4.79 Å². The Labute approximate surface area is 129 Å². The molecule has 0 radical (unpaired) electrons. The van der Waals surface area contributed by atoms with Crippen LogP contribution in [0.3, 0.4) is 0 Å². The van der Waals surface area contributed by atoms with E-state index in [4.69, 9.17) is 4.52 Å². The van der Waals surface area contributed by atoms with Gasteiger partial charge in [-0.1, -0.05) is 17.3 Å². The number of nitrogens with zero attached hydrogens (tertiary/aromatic N) is 2. The largest absolute Gasteiger partial charge is 0.361 e. The molecule has 1 N–H and O–H groups in total. The molecule has 2 aromatic rings. The van der Waals surface area contributed by atoms with Crippen molar-refractivity contribution in [2.45, 2.75) is 19.9 Å². The molecule has 5 nitrogen and oxygen atoms in total. The van der Waals surface area contributed by atoms with Gasteiger partial charge in [0, 0.05) is 6.54 Å². The summed E-state index contributed by atoms with van der Waals surface area (Å²) in [6.45, 7) is 3.84. The first kappa shape index (κ1) is 16.2. The van der Waals surface area contributed by atoms with E-state index < -0.39 is 0 Å². The first-order valence-electron chi connectivity index (χ1n) is 7.03. The number of likely N-dealkylation sites (N-methyl/N-ethyl adjacent to an activating group) is 1. The summed E-state index contributed by atoms with van der Waals surface area (Å²) in [7, 11) is 3.83. The molecule has 2 rings (SSSR count). The van der Waals surface area contributed by atoms with E-state index in [1.54, 1.807) is 26.0 Å². The second-order valence-corrected chi connectivity index (χ2v) is 5.44. The van der Waals surface area contributed by atoms with Gasteiger partial charge in [-0.05, 0) is 45.6 Å². The first-order chi connectivity index (χ1) is 10.4. The van der Waals surface area contributed by atoms with Gasteiger partial charge in [-0.15, -0.1) is 0 Å². The van der Waals surface area contributed by atoms with Crippen molar-refractivity contribution < 1.29 is 13.7 Å². The molecule has 22 heavy (non-hydrogen) atoms. The highest BCUT2D eigenvalue weighted by Crippen LogP contribution is 2.18. The number of rotatable bonds is 5. The Morgan fingerprint density at radius 2 is 1.95 bits per heavy atom. The lowest BCUT2D eigenvalue weighted by atomic mass is 10.1. The average molecular weight is 305 g/mol. The van der Waals surface area contributed by atoms with Gasteiger partial charge in [0.2, 0.25) is 0 Å². The Bertz CT molecular complexity index is 630. The molecule has 1 aromatic carbocycles. The lowest BCUT2D eigenvalue weighted by Gasteiger charge is -2.25. The molecule has 0 aliphatic rings. The Hall–Kier alpha value is -2.21. The standard InChI is InChI=1S/C16H20FN3O2/c1-10-15(11(2)22-19-10)16(21)18-9-14(20(3)4)12-5-7-13(17)8-6-12/h5-8,14H,9H2,1-4H3,(H,18,21). The third-order valence-electron chi connectivity index (χ3n) is 3.59. The van der Waals surface area contributed by atoms with Crippen LogP contribution in [0, 0.1) is 19.7 Å². The van der Waals surface area contributed by atoms with Crippen LogP contribution in [0.4, 0.5) is 4.39 Å². The van der Waals surface area contributed by atoms with E-state index in [1.165, 1.54) is 12.1 Å². The molecular formula is C16H20FN3O2. The predicted octanol–water partition coefficient (Wildman–Crippen LogP) is 2.46. The maximum atomic E-state index is 13.0. The van der Waals surface area contributed by atoms with Crippen LogP contribution >= 0.6 is 0 Å². The van der Waals surface area contributed by atoms with E-state index in [-0.39, 0.29) is 17.8 Å². The first-order valence-corrected chi connectivity index (χ1v) is 7.03. The number of amides is 1. The van der Waals surface area contributed by atoms with Crippen molar-refractivity contribution in [3.63, 3.8) is 0 Å². The molecule has 1 atom stereocenters. The molecular weight excluding hydrogens is 285 g/mol. The van der Waals surface area contributed by atoms with Crippen LogP contribution in [0.5, 0.6) is 0 Å². The number of carbonyl (C=O) groups is 1. The number of halogens is 1. The molecule has 0 spiro atoms. The van der Waals surface area contributed by atoms with Gasteiger partial charge >= 0.3 is 0 Å². The van der Waals surface area contributed by atoms with E-state index in [1.807, 2.05) is 19.0 Å². The quantitative estimate of drug-likeness (QED) is 0.922. The molecule has 6 heteroatoms. The summed E-state index contributed by atoms with van der Waals surface area (Å²) in [5.41, 5.74) is 1.97. The van der Waals surface area contributed by atoms with E-state index in [2.05, 4.69) is 10.5 Å². The molecule has 0 fully saturated rings. The lowest BCUT2D eigenvalue weighted by molar-refractivity contribution is 0.0940. The minimum Gasteiger partial charge on any atom is -0.361 e. The summed E-state index contributed by atoms with van der Waals surface area (Å²) in [4.78, 5) is 14.2. The summed E-state index contributed by atoms with van der Waals surface area (Å²) >= 11 is 0. The van der Waals surface area contributed by atoms with Crippen LogP contribution in [0.25, 0.3) is 0 Å². The second kappa shape index (κ2) is 6.70. The normalized spacial score (nSPS) is 12.5. The summed E-state index contributed by atoms with van der Waals surface area (Å²) in [6, 6.07) is 6.23. The van der Waals surface area contributed by atoms with Gasteiger partial charge in [-0.25, -0.2) is 4.39 Å². The molecule has 1 heterocycles. The van der Waals surface area contributed by atoms with Crippen molar-refractivity contribution in [2.24, 2.45) is 0 Å². The SMILES string of the molecule is Cc1noc(C)c1C(=O)NCC(c1ccc(F)cc1)N(C)C. The Balaban J connectivity index is 2.10. The van der Waals surface area contributed by atoms with Crippen LogP contribution in [-0.4, -0.2) is 36.6 Å². The number of aromatic nitrogens is 1. The summed E-state index contributed by atoms with van der Waals surface area (Å²) in [5.74, 6) is 0.00408. The van der Waals surface area contributed by atoms with E-state index in [9.17, 15) is 9.18 Å². The maximum Gasteiger partial charge on any atom is 0.256 e. The van der Waals surface area contributed by atoms with Crippen molar-refractivity contribution in [1.29, 1.82) is 0 Å². The van der Waals surface area contributed by atoms with Gasteiger partial charge in [0.15, 0.2) is 0 Å². The van der Waals surface area contributed by atoms with E-state index >= 15 is 0 Å². The number of benzene rings is 1. The van der Waals surface area contributed by atoms with Crippen LogP contribution in [0.1, 0.15) is 33.4 Å². The van der Waals surface area contributed by atoms with Crippen LogP contribution < -0.4 is 5.32 Å². The van der Waals surface area contributed by atoms with Crippen molar-refractivity contribution in [3.05, 3.63) is 52.7 Å². The van der Waals surface area contributed by atoms with Crippen molar-refractivity contribution in [1.82, 2.24) is 15.4 Å². The van der Waals surface area contributed by atoms with Crippen molar-refractivity contribution in [3.8, 4) is 0 Å². The topological polar surface area (TPSA) is 58.4 Å². The second-order valence-electron chi connectivity index (χ2n) is 5.44. The number of carbonyl (C=O) groups excluding carboxylic acids is 1. The number of aryl methyl sites for hydroxylation is 2. The zero-order chi connectivity index (χ0) is 16.3. The predicted molar refractivity (Wildman–Crippen MR) is 81.1 cm³/mol. The highest BCUT2D eigenvalue weighted by Gasteiger charge is 2.20. The Morgan fingerprint density at radius 3 is 2.45 bits per heavy atom. The minimum atomic E-state index is -0.277. The average Bonchev–Trinajstić information content (AvgIpc) is 2.80. The van der Waals surface area contributed by atoms with Gasteiger partial charge in [-0.2, -0.15) is 0 Å². The van der Waals surface area contributed by atoms with Gasteiger partial charge in [0.05, 0.1) is 11.7 Å². The summed E-state index contributed by atoms with van der Waals surface area (Å²) in [5, 5.41) is 6.67. The van der Waals surface area contributed by atoms with Crippen LogP contribution in [-0.2, 0) is 0 Å². The third-order valence-corrected chi connectivity index (χ3v) is 3.59. The number of hydrogen-bond acceptors (Lipinski definition) is 4. The fourth-order valence-electron chi connectivity index (χ4n) is 2.37. The highest BCUT2D eigenvalue weighted by molar-refractivity contribution is 5.96. The number of nitrogens with one attached hydrogen (secondary N) is 1. The molecule has 0 saturated heterocycles. The molecule has 0 aliphatic heterocycles. The minimum absolute atomic E-state index is 0.0509. The van der Waals surface area contributed by atoms with E-state index in [0.717, 1.165) is 5.56 Å². The fraction of sp³-hybridized carbons (Fsp3) is 0.375. The van der Waals surface area contributed by atoms with Gasteiger partial charge < -0.3 is 14.7 Å². The third kappa shape index (κ3) is 3.51. The van der Waals surface area contributed by atoms with Crippen molar-refractivity contribution in [2.75, 3.05) is 20.6 Å². The summed E-state index contributed by atoms with van der Waals surface area (Å²) < 4.78 is 18.0. The van der Waals surface area contributed by atoms with E-state index in [0.29, 0.717) is 23.6 Å². The van der Waals surface area contributed by atoms with Crippen LogP contribution in [0.15, 0.2) is 28.8 Å². The molecule has 118 valence electrons. The van der Waals surface area contributed by atoms with Gasteiger partial charge in [0.25, 0.3) is 5.91 Å². The molecule has 0 aliphatic carbocycles.